The van der Waals surface area contributed by atoms with Gasteiger partial charge < -0.3 is 15.3 Å². The Balaban J connectivity index is 3.87. The standard InChI is InChI=1S/C15H30N2O3/c1-11(2)9-10-17(5)15(20)16-13(4)8-6-7-12(3)14(18)19/h11-13H,6-10H2,1-5H3,(H,16,20)(H,18,19). The minimum atomic E-state index is -0.755. The largest absolute Gasteiger partial charge is 0.481 e. The van der Waals surface area contributed by atoms with Gasteiger partial charge in [0.2, 0.25) is 0 Å². The van der Waals surface area contributed by atoms with Gasteiger partial charge in [-0.1, -0.05) is 27.2 Å². The summed E-state index contributed by atoms with van der Waals surface area (Å²) in [5, 5.41) is 11.7. The molecule has 0 aliphatic rings. The van der Waals surface area contributed by atoms with E-state index in [1.54, 1.807) is 18.9 Å². The molecule has 0 saturated carbocycles. The van der Waals surface area contributed by atoms with Gasteiger partial charge in [-0.3, -0.25) is 4.79 Å². The lowest BCUT2D eigenvalue weighted by Gasteiger charge is -2.22. The highest BCUT2D eigenvalue weighted by Crippen LogP contribution is 2.10. The molecule has 2 unspecified atom stereocenters. The van der Waals surface area contributed by atoms with Crippen LogP contribution in [0.15, 0.2) is 0 Å². The molecule has 0 aromatic heterocycles. The zero-order valence-corrected chi connectivity index (χ0v) is 13.5. The second kappa shape index (κ2) is 9.61. The number of urea groups is 1. The van der Waals surface area contributed by atoms with Gasteiger partial charge in [-0.15, -0.1) is 0 Å². The van der Waals surface area contributed by atoms with Crippen LogP contribution in [0.5, 0.6) is 0 Å². The number of hydrogen-bond acceptors (Lipinski definition) is 2. The summed E-state index contributed by atoms with van der Waals surface area (Å²) in [7, 11) is 1.80. The first-order chi connectivity index (χ1) is 9.23. The molecule has 0 spiro atoms. The molecule has 2 atom stereocenters. The Labute approximate surface area is 122 Å². The van der Waals surface area contributed by atoms with Crippen LogP contribution in [0.3, 0.4) is 0 Å². The van der Waals surface area contributed by atoms with Crippen LogP contribution in [-0.4, -0.2) is 41.6 Å². The first kappa shape index (κ1) is 18.7. The quantitative estimate of drug-likeness (QED) is 0.684. The highest BCUT2D eigenvalue weighted by atomic mass is 16.4. The van der Waals surface area contributed by atoms with Gasteiger partial charge in [0.1, 0.15) is 0 Å². The SMILES string of the molecule is CC(C)CCN(C)C(=O)NC(C)CCCC(C)C(=O)O. The molecule has 2 amide bonds. The Hall–Kier alpha value is -1.26. The van der Waals surface area contributed by atoms with Gasteiger partial charge in [-0.2, -0.15) is 0 Å². The molecule has 0 bridgehead atoms. The average molecular weight is 286 g/mol. The van der Waals surface area contributed by atoms with Crippen molar-refractivity contribution in [1.82, 2.24) is 10.2 Å². The number of carbonyl (C=O) groups is 2. The van der Waals surface area contributed by atoms with Crippen molar-refractivity contribution in [3.05, 3.63) is 0 Å². The Kier molecular flexibility index (Phi) is 9.01. The maximum absolute atomic E-state index is 11.9. The molecule has 0 heterocycles. The van der Waals surface area contributed by atoms with Crippen LogP contribution in [-0.2, 0) is 4.79 Å². The minimum Gasteiger partial charge on any atom is -0.481 e. The molecule has 0 fully saturated rings. The first-order valence-corrected chi connectivity index (χ1v) is 7.48. The zero-order chi connectivity index (χ0) is 15.7. The van der Waals surface area contributed by atoms with Gasteiger partial charge >= 0.3 is 12.0 Å². The van der Waals surface area contributed by atoms with E-state index in [0.717, 1.165) is 25.8 Å². The molecule has 0 aliphatic heterocycles. The van der Waals surface area contributed by atoms with Crippen molar-refractivity contribution in [2.45, 2.75) is 59.4 Å². The normalized spacial score (nSPS) is 13.9. The van der Waals surface area contributed by atoms with Crippen LogP contribution >= 0.6 is 0 Å². The van der Waals surface area contributed by atoms with E-state index in [4.69, 9.17) is 5.11 Å². The van der Waals surface area contributed by atoms with Gasteiger partial charge in [-0.05, 0) is 32.1 Å². The number of rotatable bonds is 9. The molecule has 0 aromatic carbocycles. The number of nitrogens with zero attached hydrogens (tertiary/aromatic N) is 1. The third-order valence-corrected chi connectivity index (χ3v) is 3.45. The van der Waals surface area contributed by atoms with Gasteiger partial charge in [0.25, 0.3) is 0 Å². The summed E-state index contributed by atoms with van der Waals surface area (Å²) in [5.74, 6) is -0.484. The number of carboxylic acids is 1. The lowest BCUT2D eigenvalue weighted by atomic mass is 10.0. The summed E-state index contributed by atoms with van der Waals surface area (Å²) >= 11 is 0. The molecule has 0 saturated heterocycles. The van der Waals surface area contributed by atoms with Crippen LogP contribution in [0, 0.1) is 11.8 Å². The van der Waals surface area contributed by atoms with E-state index >= 15 is 0 Å². The molecular weight excluding hydrogens is 256 g/mol. The van der Waals surface area contributed by atoms with Crippen LogP contribution in [0.4, 0.5) is 4.79 Å². The summed E-state index contributed by atoms with van der Waals surface area (Å²) in [6.45, 7) is 8.70. The lowest BCUT2D eigenvalue weighted by molar-refractivity contribution is -0.141. The molecule has 2 N–H and O–H groups in total. The number of amides is 2. The fraction of sp³-hybridized carbons (Fsp3) is 0.867. The molecule has 20 heavy (non-hydrogen) atoms. The Bertz CT molecular complexity index is 305. The van der Waals surface area contributed by atoms with Crippen molar-refractivity contribution in [3.8, 4) is 0 Å². The molecule has 0 rings (SSSR count). The summed E-state index contributed by atoms with van der Waals surface area (Å²) in [6.07, 6.45) is 3.26. The first-order valence-electron chi connectivity index (χ1n) is 7.48. The van der Waals surface area contributed by atoms with Crippen molar-refractivity contribution >= 4 is 12.0 Å². The van der Waals surface area contributed by atoms with Gasteiger partial charge in [0.15, 0.2) is 0 Å². The van der Waals surface area contributed by atoms with E-state index in [1.165, 1.54) is 0 Å². The van der Waals surface area contributed by atoms with Crippen LogP contribution in [0.25, 0.3) is 0 Å². The Morgan fingerprint density at radius 3 is 2.20 bits per heavy atom. The van der Waals surface area contributed by atoms with E-state index in [1.807, 2.05) is 6.92 Å². The van der Waals surface area contributed by atoms with E-state index < -0.39 is 5.97 Å². The van der Waals surface area contributed by atoms with Gasteiger partial charge in [0.05, 0.1) is 5.92 Å². The summed E-state index contributed by atoms with van der Waals surface area (Å²) < 4.78 is 0. The van der Waals surface area contributed by atoms with E-state index in [2.05, 4.69) is 19.2 Å². The molecular formula is C15H30N2O3. The highest BCUT2D eigenvalue weighted by Gasteiger charge is 2.14. The number of nitrogens with one attached hydrogen (secondary N) is 1. The van der Waals surface area contributed by atoms with Crippen LogP contribution in [0.2, 0.25) is 0 Å². The number of carbonyl (C=O) groups excluding carboxylic acids is 1. The molecule has 5 nitrogen and oxygen atoms in total. The second-order valence-corrected chi connectivity index (χ2v) is 6.12. The number of carboxylic acid groups (broad SMARTS) is 1. The summed E-state index contributed by atoms with van der Waals surface area (Å²) in [5.41, 5.74) is 0. The van der Waals surface area contributed by atoms with Gasteiger partial charge in [0, 0.05) is 19.6 Å². The van der Waals surface area contributed by atoms with Crippen molar-refractivity contribution < 1.29 is 14.7 Å². The molecule has 0 aromatic rings. The third-order valence-electron chi connectivity index (χ3n) is 3.45. The number of hydrogen-bond donors (Lipinski definition) is 2. The van der Waals surface area contributed by atoms with Crippen LogP contribution < -0.4 is 5.32 Å². The summed E-state index contributed by atoms with van der Waals surface area (Å²) in [6, 6.07) is 0.0226. The topological polar surface area (TPSA) is 69.6 Å². The minimum absolute atomic E-state index is 0.0515. The predicted octanol–water partition coefficient (Wildman–Crippen LogP) is 2.95. The van der Waals surface area contributed by atoms with Crippen molar-refractivity contribution in [3.63, 3.8) is 0 Å². The second-order valence-electron chi connectivity index (χ2n) is 6.12. The highest BCUT2D eigenvalue weighted by molar-refractivity contribution is 5.74. The van der Waals surface area contributed by atoms with E-state index in [0.29, 0.717) is 12.3 Å². The van der Waals surface area contributed by atoms with Crippen LogP contribution in [0.1, 0.15) is 53.4 Å². The Morgan fingerprint density at radius 1 is 1.10 bits per heavy atom. The van der Waals surface area contributed by atoms with E-state index in [9.17, 15) is 9.59 Å². The maximum Gasteiger partial charge on any atom is 0.317 e. The van der Waals surface area contributed by atoms with Crippen molar-refractivity contribution in [1.29, 1.82) is 0 Å². The fourth-order valence-corrected chi connectivity index (χ4v) is 1.80. The molecule has 0 aliphatic carbocycles. The average Bonchev–Trinajstić information content (AvgIpc) is 2.35. The molecule has 0 radical (unpaired) electrons. The lowest BCUT2D eigenvalue weighted by Crippen LogP contribution is -2.42. The predicted molar refractivity (Wildman–Crippen MR) is 80.7 cm³/mol. The monoisotopic (exact) mass is 286 g/mol. The number of aliphatic carboxylic acids is 1. The fourth-order valence-electron chi connectivity index (χ4n) is 1.80. The van der Waals surface area contributed by atoms with E-state index in [-0.39, 0.29) is 18.0 Å². The zero-order valence-electron chi connectivity index (χ0n) is 13.5. The maximum atomic E-state index is 11.9. The molecule has 5 heteroatoms. The smallest absolute Gasteiger partial charge is 0.317 e. The molecule has 118 valence electrons. The van der Waals surface area contributed by atoms with Crippen molar-refractivity contribution in [2.75, 3.05) is 13.6 Å². The van der Waals surface area contributed by atoms with Gasteiger partial charge in [-0.25, -0.2) is 4.79 Å². The Morgan fingerprint density at radius 2 is 1.70 bits per heavy atom. The van der Waals surface area contributed by atoms with Crippen molar-refractivity contribution in [2.24, 2.45) is 11.8 Å². The third kappa shape index (κ3) is 8.77. The summed E-state index contributed by atoms with van der Waals surface area (Å²) in [4.78, 5) is 24.3.